The number of rotatable bonds is 6. The molecule has 0 amide bonds. The van der Waals surface area contributed by atoms with Crippen molar-refractivity contribution in [3.05, 3.63) is 17.6 Å². The van der Waals surface area contributed by atoms with E-state index in [2.05, 4.69) is 15.2 Å². The van der Waals surface area contributed by atoms with Crippen LogP contribution in [0, 0.1) is 6.92 Å². The normalized spacial score (nSPS) is 13.1. The van der Waals surface area contributed by atoms with Gasteiger partial charge in [-0.05, 0) is 33.8 Å². The Labute approximate surface area is 118 Å². The minimum atomic E-state index is -0.394. The van der Waals surface area contributed by atoms with Crippen LogP contribution in [0.5, 0.6) is 0 Å². The highest BCUT2D eigenvalue weighted by Gasteiger charge is 2.18. The van der Waals surface area contributed by atoms with Gasteiger partial charge in [-0.3, -0.25) is 4.68 Å². The predicted octanol–water partition coefficient (Wildman–Crippen LogP) is 1.69. The number of hydrogen-bond donors (Lipinski definition) is 1. The molecule has 7 heteroatoms. The molecule has 0 aromatic carbocycles. The number of hydrogen-bond acceptors (Lipinski definition) is 6. The molecule has 0 aliphatic heterocycles. The Balaban J connectivity index is 2.15. The molecule has 2 aromatic heterocycles. The van der Waals surface area contributed by atoms with Crippen molar-refractivity contribution in [1.29, 1.82) is 0 Å². The van der Waals surface area contributed by atoms with Gasteiger partial charge in [-0.2, -0.15) is 10.1 Å². The molecule has 7 nitrogen and oxygen atoms in total. The summed E-state index contributed by atoms with van der Waals surface area (Å²) < 4.78 is 12.6. The molecule has 2 N–H and O–H groups in total. The van der Waals surface area contributed by atoms with E-state index in [0.717, 1.165) is 17.9 Å². The van der Waals surface area contributed by atoms with E-state index in [1.165, 1.54) is 0 Å². The summed E-state index contributed by atoms with van der Waals surface area (Å²) in [7, 11) is 0. The van der Waals surface area contributed by atoms with E-state index in [0.29, 0.717) is 18.3 Å². The van der Waals surface area contributed by atoms with E-state index < -0.39 is 6.04 Å². The molecule has 0 aliphatic rings. The van der Waals surface area contributed by atoms with E-state index in [4.69, 9.17) is 15.0 Å². The SMILES string of the molecule is CCn1nc(C)cc1-c1nc(C(N)COC(C)C)no1. The first-order chi connectivity index (χ1) is 9.51. The molecule has 0 radical (unpaired) electrons. The minimum Gasteiger partial charge on any atom is -0.377 e. The highest BCUT2D eigenvalue weighted by atomic mass is 16.5. The van der Waals surface area contributed by atoms with Crippen LogP contribution in [0.15, 0.2) is 10.6 Å². The van der Waals surface area contributed by atoms with Gasteiger partial charge in [-0.15, -0.1) is 0 Å². The molecule has 1 unspecified atom stereocenters. The largest absolute Gasteiger partial charge is 0.377 e. The van der Waals surface area contributed by atoms with Gasteiger partial charge in [0.2, 0.25) is 0 Å². The minimum absolute atomic E-state index is 0.122. The first-order valence-electron chi connectivity index (χ1n) is 6.76. The van der Waals surface area contributed by atoms with Gasteiger partial charge in [0, 0.05) is 6.54 Å². The molecule has 0 aliphatic carbocycles. The van der Waals surface area contributed by atoms with Crippen molar-refractivity contribution >= 4 is 0 Å². The van der Waals surface area contributed by atoms with Crippen LogP contribution < -0.4 is 5.73 Å². The summed E-state index contributed by atoms with van der Waals surface area (Å²) in [5.74, 6) is 0.879. The summed E-state index contributed by atoms with van der Waals surface area (Å²) in [4.78, 5) is 4.34. The Morgan fingerprint density at radius 1 is 1.45 bits per heavy atom. The predicted molar refractivity (Wildman–Crippen MR) is 73.9 cm³/mol. The quantitative estimate of drug-likeness (QED) is 0.865. The fourth-order valence-corrected chi connectivity index (χ4v) is 1.82. The smallest absolute Gasteiger partial charge is 0.276 e. The fraction of sp³-hybridized carbons (Fsp3) is 0.615. The number of ether oxygens (including phenoxy) is 1. The molecular formula is C13H21N5O2. The number of aryl methyl sites for hydroxylation is 2. The van der Waals surface area contributed by atoms with Gasteiger partial charge >= 0.3 is 0 Å². The second-order valence-corrected chi connectivity index (χ2v) is 4.93. The molecule has 0 spiro atoms. The van der Waals surface area contributed by atoms with Gasteiger partial charge in [0.15, 0.2) is 5.82 Å². The molecule has 1 atom stereocenters. The number of nitrogens with zero attached hydrogens (tertiary/aromatic N) is 4. The maximum absolute atomic E-state index is 5.98. The van der Waals surface area contributed by atoms with Crippen LogP contribution in [0.1, 0.15) is 38.3 Å². The van der Waals surface area contributed by atoms with Crippen molar-refractivity contribution in [1.82, 2.24) is 19.9 Å². The maximum atomic E-state index is 5.98. The van der Waals surface area contributed by atoms with Gasteiger partial charge in [0.05, 0.1) is 24.4 Å². The van der Waals surface area contributed by atoms with Crippen molar-refractivity contribution in [3.8, 4) is 11.6 Å². The third-order valence-electron chi connectivity index (χ3n) is 2.80. The lowest BCUT2D eigenvalue weighted by atomic mass is 10.3. The molecule has 0 bridgehead atoms. The van der Waals surface area contributed by atoms with Crippen LogP contribution in [-0.4, -0.2) is 32.6 Å². The monoisotopic (exact) mass is 279 g/mol. The zero-order chi connectivity index (χ0) is 14.7. The van der Waals surface area contributed by atoms with Crippen molar-refractivity contribution in [2.75, 3.05) is 6.61 Å². The van der Waals surface area contributed by atoms with Crippen LogP contribution in [-0.2, 0) is 11.3 Å². The highest BCUT2D eigenvalue weighted by molar-refractivity contribution is 5.47. The first-order valence-corrected chi connectivity index (χ1v) is 6.76. The van der Waals surface area contributed by atoms with Crippen molar-refractivity contribution in [2.45, 2.75) is 46.4 Å². The van der Waals surface area contributed by atoms with Gasteiger partial charge in [-0.25, -0.2) is 0 Å². The summed E-state index contributed by atoms with van der Waals surface area (Å²) in [5, 5.41) is 8.27. The number of nitrogens with two attached hydrogens (primary N) is 1. The van der Waals surface area contributed by atoms with Crippen LogP contribution in [0.3, 0.4) is 0 Å². The molecule has 0 fully saturated rings. The van der Waals surface area contributed by atoms with E-state index in [-0.39, 0.29) is 6.10 Å². The van der Waals surface area contributed by atoms with Crippen molar-refractivity contribution in [3.63, 3.8) is 0 Å². The molecule has 2 rings (SSSR count). The maximum Gasteiger partial charge on any atom is 0.276 e. The van der Waals surface area contributed by atoms with Crippen LogP contribution >= 0.6 is 0 Å². The Kier molecular flexibility index (Phi) is 4.51. The van der Waals surface area contributed by atoms with Crippen molar-refractivity contribution in [2.24, 2.45) is 5.73 Å². The lowest BCUT2D eigenvalue weighted by molar-refractivity contribution is 0.0665. The van der Waals surface area contributed by atoms with E-state index in [1.807, 2.05) is 38.4 Å². The average Bonchev–Trinajstić information content (AvgIpc) is 3.01. The topological polar surface area (TPSA) is 92.0 Å². The molecule has 110 valence electrons. The van der Waals surface area contributed by atoms with Crippen molar-refractivity contribution < 1.29 is 9.26 Å². The molecular weight excluding hydrogens is 258 g/mol. The van der Waals surface area contributed by atoms with E-state index >= 15 is 0 Å². The zero-order valence-electron chi connectivity index (χ0n) is 12.3. The van der Waals surface area contributed by atoms with E-state index in [1.54, 1.807) is 0 Å². The van der Waals surface area contributed by atoms with Gasteiger partial charge in [-0.1, -0.05) is 5.16 Å². The average molecular weight is 279 g/mol. The molecule has 2 aromatic rings. The standard InChI is InChI=1S/C13H21N5O2/c1-5-18-11(6-9(4)16-18)13-15-12(17-20-13)10(14)7-19-8(2)3/h6,8,10H,5,7,14H2,1-4H3. The van der Waals surface area contributed by atoms with Crippen LogP contribution in [0.25, 0.3) is 11.6 Å². The van der Waals surface area contributed by atoms with Gasteiger partial charge in [0.25, 0.3) is 5.89 Å². The zero-order valence-corrected chi connectivity index (χ0v) is 12.3. The molecule has 0 saturated carbocycles. The van der Waals surface area contributed by atoms with Gasteiger partial charge < -0.3 is 15.0 Å². The lowest BCUT2D eigenvalue weighted by Gasteiger charge is -2.10. The Bertz CT molecular complexity index is 561. The van der Waals surface area contributed by atoms with E-state index in [9.17, 15) is 0 Å². The Morgan fingerprint density at radius 3 is 2.85 bits per heavy atom. The molecule has 0 saturated heterocycles. The number of aromatic nitrogens is 4. The fourth-order valence-electron chi connectivity index (χ4n) is 1.82. The van der Waals surface area contributed by atoms with Gasteiger partial charge in [0.1, 0.15) is 5.69 Å². The third kappa shape index (κ3) is 3.23. The Hall–Kier alpha value is -1.73. The molecule has 20 heavy (non-hydrogen) atoms. The summed E-state index contributed by atoms with van der Waals surface area (Å²) in [6.45, 7) is 8.95. The summed E-state index contributed by atoms with van der Waals surface area (Å²) in [6.07, 6.45) is 0.122. The van der Waals surface area contributed by atoms with Crippen LogP contribution in [0.2, 0.25) is 0 Å². The third-order valence-corrected chi connectivity index (χ3v) is 2.80. The Morgan fingerprint density at radius 2 is 2.20 bits per heavy atom. The molecule has 2 heterocycles. The highest BCUT2D eigenvalue weighted by Crippen LogP contribution is 2.20. The summed E-state index contributed by atoms with van der Waals surface area (Å²) >= 11 is 0. The second-order valence-electron chi connectivity index (χ2n) is 4.93. The summed E-state index contributed by atoms with van der Waals surface area (Å²) in [5.41, 5.74) is 7.70. The second kappa shape index (κ2) is 6.15. The first kappa shape index (κ1) is 14.7. The van der Waals surface area contributed by atoms with Crippen LogP contribution in [0.4, 0.5) is 0 Å². The lowest BCUT2D eigenvalue weighted by Crippen LogP contribution is -2.20. The summed E-state index contributed by atoms with van der Waals surface area (Å²) in [6, 6.07) is 1.52.